The molecule has 18 heavy (non-hydrogen) atoms. The average molecular weight is 257 g/mol. The van der Waals surface area contributed by atoms with Gasteiger partial charge in [0.1, 0.15) is 0 Å². The van der Waals surface area contributed by atoms with Crippen LogP contribution < -0.4 is 16.0 Å². The van der Waals surface area contributed by atoms with Crippen LogP contribution in [0.1, 0.15) is 26.7 Å². The third kappa shape index (κ3) is 5.97. The highest BCUT2D eigenvalue weighted by atomic mass is 16.5. The van der Waals surface area contributed by atoms with E-state index in [4.69, 9.17) is 4.74 Å². The fraction of sp³-hybridized carbons (Fsp3) is 0.833. The maximum Gasteiger partial charge on any atom is 0.237 e. The molecule has 6 heteroatoms. The third-order valence-electron chi connectivity index (χ3n) is 2.71. The number of rotatable bonds is 8. The minimum Gasteiger partial charge on any atom is -0.383 e. The first-order valence-electron chi connectivity index (χ1n) is 6.35. The van der Waals surface area contributed by atoms with Gasteiger partial charge in [-0.25, -0.2) is 0 Å². The largest absolute Gasteiger partial charge is 0.383 e. The minimum absolute atomic E-state index is 0.0279. The number of methoxy groups -OCH3 is 1. The van der Waals surface area contributed by atoms with Crippen LogP contribution in [-0.2, 0) is 14.3 Å². The summed E-state index contributed by atoms with van der Waals surface area (Å²) in [5.41, 5.74) is 0. The summed E-state index contributed by atoms with van der Waals surface area (Å²) in [5, 5.41) is 8.55. The Kier molecular flexibility index (Phi) is 6.07. The number of carbonyl (C=O) groups excluding carboxylic acids is 2. The third-order valence-corrected chi connectivity index (χ3v) is 2.71. The smallest absolute Gasteiger partial charge is 0.237 e. The summed E-state index contributed by atoms with van der Waals surface area (Å²) < 4.78 is 4.92. The van der Waals surface area contributed by atoms with Gasteiger partial charge in [0.25, 0.3) is 0 Å². The van der Waals surface area contributed by atoms with E-state index in [1.165, 1.54) is 0 Å². The molecule has 0 aromatic carbocycles. The Morgan fingerprint density at radius 2 is 2.00 bits per heavy atom. The minimum atomic E-state index is -0.353. The van der Waals surface area contributed by atoms with Crippen molar-refractivity contribution in [2.24, 2.45) is 0 Å². The van der Waals surface area contributed by atoms with E-state index in [0.29, 0.717) is 12.6 Å². The lowest BCUT2D eigenvalue weighted by atomic mass is 10.3. The maximum absolute atomic E-state index is 11.6. The molecule has 1 aliphatic rings. The average Bonchev–Trinajstić information content (AvgIpc) is 3.09. The topological polar surface area (TPSA) is 79.5 Å². The number of carbonyl (C=O) groups is 2. The van der Waals surface area contributed by atoms with Gasteiger partial charge in [0.05, 0.1) is 19.2 Å². The van der Waals surface area contributed by atoms with Gasteiger partial charge in [0, 0.05) is 19.2 Å². The summed E-state index contributed by atoms with van der Waals surface area (Å²) in [6, 6.07) is -0.0359. The molecule has 2 unspecified atom stereocenters. The van der Waals surface area contributed by atoms with Gasteiger partial charge in [0.15, 0.2) is 0 Å². The lowest BCUT2D eigenvalue weighted by molar-refractivity contribution is -0.123. The summed E-state index contributed by atoms with van der Waals surface area (Å²) in [5.74, 6) is -0.180. The molecule has 2 atom stereocenters. The van der Waals surface area contributed by atoms with E-state index in [1.807, 2.05) is 6.92 Å². The van der Waals surface area contributed by atoms with Crippen molar-refractivity contribution < 1.29 is 14.3 Å². The summed E-state index contributed by atoms with van der Waals surface area (Å²) in [6.07, 6.45) is 2.13. The molecule has 0 saturated heterocycles. The van der Waals surface area contributed by atoms with Crippen molar-refractivity contribution in [1.82, 2.24) is 16.0 Å². The standard InChI is InChI=1S/C12H23N3O3/c1-8(7-18-3)14-11(16)6-13-9(2)12(17)15-10-4-5-10/h8-10,13H,4-7H2,1-3H3,(H,14,16)(H,15,17). The molecule has 3 N–H and O–H groups in total. The van der Waals surface area contributed by atoms with Crippen LogP contribution in [0.2, 0.25) is 0 Å². The first-order chi connectivity index (χ1) is 8.52. The first kappa shape index (κ1) is 14.9. The van der Waals surface area contributed by atoms with E-state index >= 15 is 0 Å². The van der Waals surface area contributed by atoms with Crippen LogP contribution in [0.15, 0.2) is 0 Å². The number of amides is 2. The van der Waals surface area contributed by atoms with Crippen molar-refractivity contribution in [2.45, 2.75) is 44.8 Å². The molecule has 0 heterocycles. The van der Waals surface area contributed by atoms with Gasteiger partial charge in [-0.15, -0.1) is 0 Å². The summed E-state index contributed by atoms with van der Waals surface area (Å²) in [6.45, 7) is 4.23. The summed E-state index contributed by atoms with van der Waals surface area (Å²) >= 11 is 0. The first-order valence-corrected chi connectivity index (χ1v) is 6.35. The van der Waals surface area contributed by atoms with Crippen LogP contribution in [0, 0.1) is 0 Å². The number of nitrogens with one attached hydrogen (secondary N) is 3. The predicted molar refractivity (Wildman–Crippen MR) is 68.1 cm³/mol. The monoisotopic (exact) mass is 257 g/mol. The molecule has 2 amide bonds. The van der Waals surface area contributed by atoms with Gasteiger partial charge in [-0.05, 0) is 26.7 Å². The van der Waals surface area contributed by atoms with E-state index in [2.05, 4.69) is 16.0 Å². The lowest BCUT2D eigenvalue weighted by Crippen LogP contribution is -2.48. The van der Waals surface area contributed by atoms with E-state index in [0.717, 1.165) is 12.8 Å². The summed E-state index contributed by atoms with van der Waals surface area (Å²) in [7, 11) is 1.59. The molecule has 1 fully saturated rings. The highest BCUT2D eigenvalue weighted by molar-refractivity contribution is 5.83. The zero-order valence-corrected chi connectivity index (χ0v) is 11.3. The van der Waals surface area contributed by atoms with Crippen LogP contribution in [0.3, 0.4) is 0 Å². The molecule has 104 valence electrons. The van der Waals surface area contributed by atoms with Crippen molar-refractivity contribution in [2.75, 3.05) is 20.3 Å². The second-order valence-electron chi connectivity index (χ2n) is 4.81. The number of hydrogen-bond donors (Lipinski definition) is 3. The Hall–Kier alpha value is -1.14. The SMILES string of the molecule is COCC(C)NC(=O)CNC(C)C(=O)NC1CC1. The van der Waals surface area contributed by atoms with E-state index < -0.39 is 0 Å². The molecule has 1 rings (SSSR count). The molecule has 0 radical (unpaired) electrons. The molecular weight excluding hydrogens is 234 g/mol. The van der Waals surface area contributed by atoms with Gasteiger partial charge < -0.3 is 15.4 Å². The van der Waals surface area contributed by atoms with Crippen LogP contribution in [0.5, 0.6) is 0 Å². The van der Waals surface area contributed by atoms with Crippen LogP contribution in [0.4, 0.5) is 0 Å². The fourth-order valence-corrected chi connectivity index (χ4v) is 1.51. The zero-order valence-electron chi connectivity index (χ0n) is 11.3. The molecule has 0 spiro atoms. The quantitative estimate of drug-likeness (QED) is 0.542. The van der Waals surface area contributed by atoms with Gasteiger partial charge in [-0.3, -0.25) is 14.9 Å². The molecule has 0 aromatic heterocycles. The van der Waals surface area contributed by atoms with E-state index in [9.17, 15) is 9.59 Å². The van der Waals surface area contributed by atoms with Crippen molar-refractivity contribution >= 4 is 11.8 Å². The van der Waals surface area contributed by atoms with Gasteiger partial charge in [0.2, 0.25) is 11.8 Å². The lowest BCUT2D eigenvalue weighted by Gasteiger charge is -2.16. The Morgan fingerprint density at radius 1 is 1.33 bits per heavy atom. The molecule has 6 nitrogen and oxygen atoms in total. The van der Waals surface area contributed by atoms with Crippen LogP contribution in [0.25, 0.3) is 0 Å². The Morgan fingerprint density at radius 3 is 2.56 bits per heavy atom. The highest BCUT2D eigenvalue weighted by Crippen LogP contribution is 2.18. The molecular formula is C12H23N3O3. The summed E-state index contributed by atoms with van der Waals surface area (Å²) in [4.78, 5) is 23.1. The highest BCUT2D eigenvalue weighted by Gasteiger charge is 2.25. The zero-order chi connectivity index (χ0) is 13.5. The second kappa shape index (κ2) is 7.33. The normalized spacial score (nSPS) is 17.9. The molecule has 1 aliphatic carbocycles. The Labute approximate surface area is 108 Å². The number of ether oxygens (including phenoxy) is 1. The van der Waals surface area contributed by atoms with Crippen molar-refractivity contribution in [3.63, 3.8) is 0 Å². The van der Waals surface area contributed by atoms with Gasteiger partial charge in [-0.2, -0.15) is 0 Å². The Bertz CT molecular complexity index is 292. The molecule has 0 aliphatic heterocycles. The van der Waals surface area contributed by atoms with Gasteiger partial charge in [-0.1, -0.05) is 0 Å². The van der Waals surface area contributed by atoms with Crippen molar-refractivity contribution in [3.05, 3.63) is 0 Å². The molecule has 0 aromatic rings. The van der Waals surface area contributed by atoms with Crippen LogP contribution >= 0.6 is 0 Å². The predicted octanol–water partition coefficient (Wildman–Crippen LogP) is -0.606. The second-order valence-corrected chi connectivity index (χ2v) is 4.81. The van der Waals surface area contributed by atoms with Crippen molar-refractivity contribution in [1.29, 1.82) is 0 Å². The molecule has 1 saturated carbocycles. The van der Waals surface area contributed by atoms with E-state index in [-0.39, 0.29) is 30.4 Å². The number of hydrogen-bond acceptors (Lipinski definition) is 4. The van der Waals surface area contributed by atoms with Gasteiger partial charge >= 0.3 is 0 Å². The van der Waals surface area contributed by atoms with Crippen LogP contribution in [-0.4, -0.2) is 50.2 Å². The Balaban J connectivity index is 2.14. The maximum atomic E-state index is 11.6. The van der Waals surface area contributed by atoms with E-state index in [1.54, 1.807) is 14.0 Å². The molecule has 0 bridgehead atoms. The van der Waals surface area contributed by atoms with Crippen molar-refractivity contribution in [3.8, 4) is 0 Å². The fourth-order valence-electron chi connectivity index (χ4n) is 1.51.